The number of nitrogens with zero attached hydrogens (tertiary/aromatic N) is 2. The van der Waals surface area contributed by atoms with E-state index in [9.17, 15) is 5.11 Å². The topological polar surface area (TPSA) is 38.0 Å². The van der Waals surface area contributed by atoms with Gasteiger partial charge in [0.05, 0.1) is 22.0 Å². The maximum atomic E-state index is 10.9. The molecule has 3 unspecified atom stereocenters. The van der Waals surface area contributed by atoms with E-state index in [4.69, 9.17) is 11.6 Å². The molecular weight excluding hydrogens is 248 g/mol. The molecule has 0 aromatic carbocycles. The molecule has 4 heteroatoms. The Kier molecular flexibility index (Phi) is 3.75. The molecule has 0 saturated heterocycles. The van der Waals surface area contributed by atoms with Crippen molar-refractivity contribution in [1.29, 1.82) is 0 Å². The van der Waals surface area contributed by atoms with Crippen LogP contribution in [-0.4, -0.2) is 20.5 Å². The molecule has 1 fully saturated rings. The number of halogens is 1. The lowest BCUT2D eigenvalue weighted by atomic mass is 9.69. The predicted molar refractivity (Wildman–Crippen MR) is 73.8 cm³/mol. The molecule has 0 bridgehead atoms. The van der Waals surface area contributed by atoms with Crippen molar-refractivity contribution >= 4 is 11.6 Å². The molecule has 0 radical (unpaired) electrons. The Bertz CT molecular complexity index is 443. The molecule has 1 aromatic heterocycles. The molecular formula is C14H23ClN2O. The van der Waals surface area contributed by atoms with Crippen LogP contribution in [0.15, 0.2) is 0 Å². The van der Waals surface area contributed by atoms with E-state index >= 15 is 0 Å². The summed E-state index contributed by atoms with van der Waals surface area (Å²) in [6.07, 6.45) is 3.77. The zero-order valence-electron chi connectivity index (χ0n) is 11.7. The Hall–Kier alpha value is -0.540. The summed E-state index contributed by atoms with van der Waals surface area (Å²) in [6.45, 7) is 6.29. The van der Waals surface area contributed by atoms with Gasteiger partial charge in [0.25, 0.3) is 0 Å². The summed E-state index contributed by atoms with van der Waals surface area (Å²) >= 11 is 6.28. The van der Waals surface area contributed by atoms with Gasteiger partial charge in [0.1, 0.15) is 0 Å². The highest BCUT2D eigenvalue weighted by molar-refractivity contribution is 6.31. The van der Waals surface area contributed by atoms with Crippen molar-refractivity contribution in [1.82, 2.24) is 9.78 Å². The molecule has 3 nitrogen and oxygen atoms in total. The van der Waals surface area contributed by atoms with Gasteiger partial charge in [-0.3, -0.25) is 4.68 Å². The van der Waals surface area contributed by atoms with Gasteiger partial charge in [-0.2, -0.15) is 5.10 Å². The molecule has 1 aromatic rings. The Morgan fingerprint density at radius 1 is 1.50 bits per heavy atom. The fourth-order valence-electron chi connectivity index (χ4n) is 3.15. The van der Waals surface area contributed by atoms with E-state index in [0.717, 1.165) is 24.2 Å². The van der Waals surface area contributed by atoms with Gasteiger partial charge in [0, 0.05) is 13.5 Å². The Labute approximate surface area is 114 Å². The van der Waals surface area contributed by atoms with Crippen molar-refractivity contribution < 1.29 is 5.11 Å². The third-order valence-electron chi connectivity index (χ3n) is 4.71. The first-order valence-electron chi connectivity index (χ1n) is 6.75. The lowest BCUT2D eigenvalue weighted by Gasteiger charge is -2.42. The van der Waals surface area contributed by atoms with Crippen LogP contribution in [0.3, 0.4) is 0 Å². The van der Waals surface area contributed by atoms with Crippen molar-refractivity contribution in [2.45, 2.75) is 52.1 Å². The number of aliphatic hydroxyl groups is 1. The average Bonchev–Trinajstić information content (AvgIpc) is 2.53. The fraction of sp³-hybridized carbons (Fsp3) is 0.786. The number of aryl methyl sites for hydroxylation is 2. The number of rotatable bonds is 2. The van der Waals surface area contributed by atoms with E-state index in [2.05, 4.69) is 18.9 Å². The van der Waals surface area contributed by atoms with Crippen LogP contribution < -0.4 is 0 Å². The highest BCUT2D eigenvalue weighted by Crippen LogP contribution is 2.40. The molecule has 102 valence electrons. The summed E-state index contributed by atoms with van der Waals surface area (Å²) in [7, 11) is 1.90. The summed E-state index contributed by atoms with van der Waals surface area (Å²) in [4.78, 5) is 0. The molecule has 18 heavy (non-hydrogen) atoms. The second-order valence-electron chi connectivity index (χ2n) is 5.91. The summed E-state index contributed by atoms with van der Waals surface area (Å²) in [6, 6.07) is 0. The van der Waals surface area contributed by atoms with Crippen LogP contribution >= 0.6 is 11.6 Å². The maximum Gasteiger partial charge on any atom is 0.0848 e. The fourth-order valence-corrected chi connectivity index (χ4v) is 3.38. The van der Waals surface area contributed by atoms with Gasteiger partial charge in [-0.1, -0.05) is 38.3 Å². The normalized spacial score (nSPS) is 32.8. The molecule has 1 N–H and O–H groups in total. The third-order valence-corrected chi connectivity index (χ3v) is 5.20. The largest absolute Gasteiger partial charge is 0.389 e. The minimum Gasteiger partial charge on any atom is -0.389 e. The number of hydrogen-bond donors (Lipinski definition) is 1. The zero-order valence-corrected chi connectivity index (χ0v) is 12.5. The molecule has 0 spiro atoms. The molecule has 3 atom stereocenters. The highest BCUT2D eigenvalue weighted by atomic mass is 35.5. The van der Waals surface area contributed by atoms with Gasteiger partial charge in [-0.25, -0.2) is 0 Å². The molecule has 0 amide bonds. The lowest BCUT2D eigenvalue weighted by molar-refractivity contribution is -0.0632. The van der Waals surface area contributed by atoms with Gasteiger partial charge in [0.2, 0.25) is 0 Å². The Morgan fingerprint density at radius 2 is 2.17 bits per heavy atom. The van der Waals surface area contributed by atoms with Gasteiger partial charge in [0.15, 0.2) is 0 Å². The minimum absolute atomic E-state index is 0.303. The second-order valence-corrected chi connectivity index (χ2v) is 6.29. The van der Waals surface area contributed by atoms with E-state index in [0.29, 0.717) is 23.3 Å². The lowest BCUT2D eigenvalue weighted by Crippen LogP contribution is -2.45. The molecule has 1 aliphatic carbocycles. The summed E-state index contributed by atoms with van der Waals surface area (Å²) in [5.41, 5.74) is 1.16. The molecule has 1 heterocycles. The quantitative estimate of drug-likeness (QED) is 0.897. The predicted octanol–water partition coefficient (Wildman–Crippen LogP) is 3.11. The van der Waals surface area contributed by atoms with Crippen molar-refractivity contribution in [3.63, 3.8) is 0 Å². The molecule has 2 rings (SSSR count). The summed E-state index contributed by atoms with van der Waals surface area (Å²) in [5, 5.41) is 16.0. The SMILES string of the molecule is Cc1nn(C)c(CC2(O)CCCC(C)C2C)c1Cl. The van der Waals surface area contributed by atoms with Gasteiger partial charge >= 0.3 is 0 Å². The third kappa shape index (κ3) is 2.30. The molecule has 0 aliphatic heterocycles. The minimum atomic E-state index is -0.637. The second kappa shape index (κ2) is 4.86. The van der Waals surface area contributed by atoms with Crippen molar-refractivity contribution in [3.05, 3.63) is 16.4 Å². The Morgan fingerprint density at radius 3 is 2.72 bits per heavy atom. The highest BCUT2D eigenvalue weighted by Gasteiger charge is 2.40. The zero-order chi connectivity index (χ0) is 13.5. The first-order chi connectivity index (χ1) is 8.35. The van der Waals surface area contributed by atoms with Crippen LogP contribution in [0.25, 0.3) is 0 Å². The van der Waals surface area contributed by atoms with Crippen LogP contribution in [0, 0.1) is 18.8 Å². The van der Waals surface area contributed by atoms with Gasteiger partial charge < -0.3 is 5.11 Å². The van der Waals surface area contributed by atoms with Crippen molar-refractivity contribution in [3.8, 4) is 0 Å². The number of aromatic nitrogens is 2. The van der Waals surface area contributed by atoms with Gasteiger partial charge in [-0.05, 0) is 25.2 Å². The smallest absolute Gasteiger partial charge is 0.0848 e. The standard InChI is InChI=1S/C14H23ClN2O/c1-9-6-5-7-14(18,10(9)2)8-12-13(15)11(3)16-17(12)4/h9-10,18H,5-8H2,1-4H3. The molecule has 1 saturated carbocycles. The Balaban J connectivity index is 2.26. The van der Waals surface area contributed by atoms with E-state index in [1.165, 1.54) is 6.42 Å². The molecule has 1 aliphatic rings. The van der Waals surface area contributed by atoms with Crippen LogP contribution in [0.1, 0.15) is 44.5 Å². The maximum absolute atomic E-state index is 10.9. The monoisotopic (exact) mass is 270 g/mol. The van der Waals surface area contributed by atoms with Crippen LogP contribution in [0.4, 0.5) is 0 Å². The summed E-state index contributed by atoms with van der Waals surface area (Å²) in [5.74, 6) is 0.870. The van der Waals surface area contributed by atoms with Crippen LogP contribution in [-0.2, 0) is 13.5 Å². The first-order valence-corrected chi connectivity index (χ1v) is 7.13. The van der Waals surface area contributed by atoms with E-state index < -0.39 is 5.60 Å². The van der Waals surface area contributed by atoms with Crippen molar-refractivity contribution in [2.75, 3.05) is 0 Å². The average molecular weight is 271 g/mol. The van der Waals surface area contributed by atoms with E-state index in [-0.39, 0.29) is 0 Å². The summed E-state index contributed by atoms with van der Waals surface area (Å²) < 4.78 is 1.81. The first kappa shape index (κ1) is 13.9. The van der Waals surface area contributed by atoms with Gasteiger partial charge in [-0.15, -0.1) is 0 Å². The van der Waals surface area contributed by atoms with E-state index in [1.54, 1.807) is 0 Å². The van der Waals surface area contributed by atoms with Crippen LogP contribution in [0.5, 0.6) is 0 Å². The van der Waals surface area contributed by atoms with E-state index in [1.807, 2.05) is 18.7 Å². The van der Waals surface area contributed by atoms with Crippen LogP contribution in [0.2, 0.25) is 5.02 Å². The van der Waals surface area contributed by atoms with Crippen molar-refractivity contribution in [2.24, 2.45) is 18.9 Å². The number of hydrogen-bond acceptors (Lipinski definition) is 2.